The van der Waals surface area contributed by atoms with Gasteiger partial charge in [0.05, 0.1) is 6.61 Å². The summed E-state index contributed by atoms with van der Waals surface area (Å²) in [6.45, 7) is 0.611. The first-order valence-corrected chi connectivity index (χ1v) is 5.50. The van der Waals surface area contributed by atoms with Crippen molar-refractivity contribution >= 4 is 35.2 Å². The van der Waals surface area contributed by atoms with E-state index in [0.29, 0.717) is 0 Å². The van der Waals surface area contributed by atoms with Crippen LogP contribution in [0.4, 0.5) is 5.69 Å². The van der Waals surface area contributed by atoms with Crippen LogP contribution in [0.1, 0.15) is 0 Å². The van der Waals surface area contributed by atoms with E-state index in [9.17, 15) is 0 Å². The average Bonchev–Trinajstić information content (AvgIpc) is 2.38. The molecule has 1 saturated heterocycles. The molecule has 1 fully saturated rings. The van der Waals surface area contributed by atoms with Crippen molar-refractivity contribution in [2.24, 2.45) is 0 Å². The van der Waals surface area contributed by atoms with Gasteiger partial charge >= 0.3 is 29.6 Å². The van der Waals surface area contributed by atoms with E-state index in [4.69, 9.17) is 26.2 Å². The summed E-state index contributed by atoms with van der Waals surface area (Å²) in [6.07, 6.45) is -4.54. The maximum absolute atomic E-state index is 9.09. The summed E-state index contributed by atoms with van der Waals surface area (Å²) in [7, 11) is 0. The van der Waals surface area contributed by atoms with Gasteiger partial charge < -0.3 is 30.9 Å². The molecule has 1 aromatic carbocycles. The molecule has 0 amide bonds. The molecule has 4 atom stereocenters. The van der Waals surface area contributed by atoms with Crippen LogP contribution in [0.25, 0.3) is 0 Å². The Morgan fingerprint density at radius 2 is 1.63 bits per heavy atom. The number of hydrogen-bond acceptors (Lipinski definition) is 6. The van der Waals surface area contributed by atoms with Crippen LogP contribution in [-0.2, 0) is 4.74 Å². The van der Waals surface area contributed by atoms with E-state index < -0.39 is 24.4 Å². The molecule has 0 unspecified atom stereocenters. The van der Waals surface area contributed by atoms with Crippen molar-refractivity contribution in [3.63, 3.8) is 0 Å². The van der Waals surface area contributed by atoms with Crippen molar-refractivity contribution < 1.29 is 25.2 Å². The Morgan fingerprint density at radius 3 is 2.05 bits per heavy atom. The molecule has 103 valence electrons. The Morgan fingerprint density at radius 1 is 1.05 bits per heavy atom. The molecule has 0 aromatic heterocycles. The zero-order valence-electron chi connectivity index (χ0n) is 9.76. The van der Waals surface area contributed by atoms with E-state index in [0.717, 1.165) is 12.3 Å². The second-order valence-corrected chi connectivity index (χ2v) is 3.88. The van der Waals surface area contributed by atoms with Gasteiger partial charge in [0.15, 0.2) is 0 Å². The molecule has 1 aliphatic rings. The Labute approximate surface area is 134 Å². The van der Waals surface area contributed by atoms with Gasteiger partial charge in [-0.25, -0.2) is 0 Å². The predicted molar refractivity (Wildman–Crippen MR) is 72.3 cm³/mol. The van der Waals surface area contributed by atoms with Crippen molar-refractivity contribution in [3.8, 4) is 0 Å². The number of aliphatic hydroxyl groups excluding tert-OH is 4. The Bertz CT molecular complexity index is 338. The van der Waals surface area contributed by atoms with Gasteiger partial charge in [-0.05, 0) is 12.1 Å². The van der Waals surface area contributed by atoms with E-state index in [1.807, 2.05) is 30.3 Å². The summed E-state index contributed by atoms with van der Waals surface area (Å²) in [5, 5.41) is 35.6. The summed E-state index contributed by atoms with van der Waals surface area (Å²) < 4.78 is 4.69. The van der Waals surface area contributed by atoms with Crippen molar-refractivity contribution in [3.05, 3.63) is 36.9 Å². The zero-order chi connectivity index (χ0) is 13.5. The third-order valence-electron chi connectivity index (χ3n) is 2.45. The van der Waals surface area contributed by atoms with Gasteiger partial charge in [-0.15, -0.1) is 0 Å². The number of hydrogen-bond donors (Lipinski definition) is 5. The molecule has 6 N–H and O–H groups in total. The van der Waals surface area contributed by atoms with Gasteiger partial charge in [-0.3, -0.25) is 0 Å². The van der Waals surface area contributed by atoms with Crippen molar-refractivity contribution in [2.45, 2.75) is 24.4 Å². The standard InChI is InChI=1S/C6H7N.C6H11O5.Na.H/c7-6-4-2-1-3-5-6;7-1-4-6(10)5(9)3(8)2-11-4;;/h1-5H,7H2;2-10H,1H2;;/t;3-,4+,5+,6+;;/m.0../s1. The van der Waals surface area contributed by atoms with Crippen LogP contribution in [-0.4, -0.2) is 81.0 Å². The van der Waals surface area contributed by atoms with Crippen LogP contribution in [0, 0.1) is 6.61 Å². The van der Waals surface area contributed by atoms with E-state index in [1.165, 1.54) is 0 Å². The third-order valence-corrected chi connectivity index (χ3v) is 2.45. The van der Waals surface area contributed by atoms with Crippen LogP contribution < -0.4 is 5.73 Å². The number of anilines is 1. The van der Waals surface area contributed by atoms with Crippen molar-refractivity contribution in [2.75, 3.05) is 12.3 Å². The molecule has 0 spiro atoms. The first-order chi connectivity index (χ1) is 8.56. The van der Waals surface area contributed by atoms with E-state index >= 15 is 0 Å². The number of aliphatic hydroxyl groups is 4. The fourth-order valence-corrected chi connectivity index (χ4v) is 1.37. The van der Waals surface area contributed by atoms with Crippen LogP contribution in [0.15, 0.2) is 30.3 Å². The SMILES string of the molecule is Nc1ccccc1.OC[C@H]1O[CH][C@H](O)[C@@H](O)[C@@H]1O.[NaH]. The number of rotatable bonds is 1. The Hall–Kier alpha value is -0.180. The molecule has 19 heavy (non-hydrogen) atoms. The quantitative estimate of drug-likeness (QED) is 0.307. The molecule has 0 saturated carbocycles. The molecule has 0 aliphatic carbocycles. The topological polar surface area (TPSA) is 116 Å². The second-order valence-electron chi connectivity index (χ2n) is 3.88. The first-order valence-electron chi connectivity index (χ1n) is 5.50. The van der Waals surface area contributed by atoms with Crippen molar-refractivity contribution in [1.29, 1.82) is 0 Å². The van der Waals surface area contributed by atoms with Crippen LogP contribution >= 0.6 is 0 Å². The van der Waals surface area contributed by atoms with E-state index in [-0.39, 0.29) is 36.2 Å². The molecule has 0 bridgehead atoms. The summed E-state index contributed by atoms with van der Waals surface area (Å²) in [4.78, 5) is 0. The van der Waals surface area contributed by atoms with Gasteiger partial charge in [0.25, 0.3) is 0 Å². The number of benzene rings is 1. The number of nitrogens with two attached hydrogens (primary N) is 1. The first kappa shape index (κ1) is 18.8. The summed E-state index contributed by atoms with van der Waals surface area (Å²) in [5.41, 5.74) is 6.18. The number of ether oxygens (including phenoxy) is 1. The van der Waals surface area contributed by atoms with E-state index in [2.05, 4.69) is 4.74 Å². The van der Waals surface area contributed by atoms with Gasteiger partial charge in [0.2, 0.25) is 0 Å². The predicted octanol–water partition coefficient (Wildman–Crippen LogP) is -1.76. The molecular weight excluding hydrogens is 261 g/mol. The fourth-order valence-electron chi connectivity index (χ4n) is 1.37. The van der Waals surface area contributed by atoms with Crippen LogP contribution in [0.3, 0.4) is 0 Å². The molecule has 6 nitrogen and oxygen atoms in total. The van der Waals surface area contributed by atoms with Gasteiger partial charge in [0, 0.05) is 5.69 Å². The summed E-state index contributed by atoms with van der Waals surface area (Å²) >= 11 is 0. The van der Waals surface area contributed by atoms with Crippen LogP contribution in [0.5, 0.6) is 0 Å². The molecule has 1 aromatic rings. The summed E-state index contributed by atoms with van der Waals surface area (Å²) in [6, 6.07) is 9.49. The van der Waals surface area contributed by atoms with Crippen molar-refractivity contribution in [1.82, 2.24) is 0 Å². The molecule has 7 heteroatoms. The van der Waals surface area contributed by atoms with E-state index in [1.54, 1.807) is 0 Å². The maximum atomic E-state index is 9.09. The minimum atomic E-state index is -1.28. The average molecular weight is 280 g/mol. The van der Waals surface area contributed by atoms with Gasteiger partial charge in [-0.1, -0.05) is 18.2 Å². The normalized spacial score (nSPS) is 29.7. The molecular formula is C12H19NNaO5. The molecule has 2 rings (SSSR count). The molecule has 1 aliphatic heterocycles. The fraction of sp³-hybridized carbons (Fsp3) is 0.417. The number of para-hydroxylation sites is 1. The molecule has 1 radical (unpaired) electrons. The van der Waals surface area contributed by atoms with Crippen LogP contribution in [0.2, 0.25) is 0 Å². The second kappa shape index (κ2) is 9.68. The monoisotopic (exact) mass is 280 g/mol. The minimum absolute atomic E-state index is 0. The third kappa shape index (κ3) is 6.20. The Kier molecular flexibility index (Phi) is 9.59. The number of nitrogen functional groups attached to an aromatic ring is 1. The molecule has 1 heterocycles. The zero-order valence-corrected chi connectivity index (χ0v) is 9.76. The Balaban J connectivity index is 0.000000352. The van der Waals surface area contributed by atoms with Gasteiger partial charge in [0.1, 0.15) is 31.0 Å². The van der Waals surface area contributed by atoms with Gasteiger partial charge in [-0.2, -0.15) is 0 Å². The summed E-state index contributed by atoms with van der Waals surface area (Å²) in [5.74, 6) is 0.